The normalized spacial score (nSPS) is 29.6. The fraction of sp³-hybridized carbons (Fsp3) is 0.571. The second-order valence-corrected chi connectivity index (χ2v) is 5.76. The number of likely N-dealkylation sites (tertiary alicyclic amines) is 1. The quantitative estimate of drug-likeness (QED) is 0.772. The molecule has 1 aliphatic heterocycles. The van der Waals surface area contributed by atoms with Crippen LogP contribution in [0.5, 0.6) is 0 Å². The number of nitrogens with two attached hydrogens (primary N) is 1. The van der Waals surface area contributed by atoms with Gasteiger partial charge in [0.1, 0.15) is 5.56 Å². The van der Waals surface area contributed by atoms with Crippen LogP contribution in [0.3, 0.4) is 0 Å². The van der Waals surface area contributed by atoms with Gasteiger partial charge in [-0.1, -0.05) is 0 Å². The molecule has 0 bridgehead atoms. The molecule has 0 spiro atoms. The Morgan fingerprint density at radius 2 is 2.16 bits per heavy atom. The van der Waals surface area contributed by atoms with Gasteiger partial charge in [-0.05, 0) is 43.7 Å². The second-order valence-electron chi connectivity index (χ2n) is 5.76. The van der Waals surface area contributed by atoms with Crippen molar-refractivity contribution in [2.24, 2.45) is 17.6 Å². The van der Waals surface area contributed by atoms with Crippen LogP contribution < -0.4 is 11.3 Å². The van der Waals surface area contributed by atoms with Crippen molar-refractivity contribution in [2.75, 3.05) is 13.1 Å². The van der Waals surface area contributed by atoms with E-state index in [9.17, 15) is 9.59 Å². The monoisotopic (exact) mass is 261 g/mol. The minimum atomic E-state index is -0.300. The van der Waals surface area contributed by atoms with Crippen LogP contribution in [0.1, 0.15) is 28.9 Å². The minimum Gasteiger partial charge on any atom is -0.338 e. The smallest absolute Gasteiger partial charge is 0.260 e. The van der Waals surface area contributed by atoms with Crippen molar-refractivity contribution in [2.45, 2.75) is 25.8 Å². The first-order valence-electron chi connectivity index (χ1n) is 6.81. The zero-order chi connectivity index (χ0) is 13.6. The Bertz CT molecular complexity index is 566. The van der Waals surface area contributed by atoms with Crippen LogP contribution in [0.25, 0.3) is 0 Å². The lowest BCUT2D eigenvalue weighted by Crippen LogP contribution is -2.36. The number of aromatic amines is 1. The van der Waals surface area contributed by atoms with Gasteiger partial charge in [0.05, 0.1) is 0 Å². The zero-order valence-corrected chi connectivity index (χ0v) is 11.1. The Hall–Kier alpha value is -1.62. The number of carbonyl (C=O) groups excluding carboxylic acids is 1. The highest BCUT2D eigenvalue weighted by Gasteiger charge is 2.42. The summed E-state index contributed by atoms with van der Waals surface area (Å²) < 4.78 is 0. The highest BCUT2D eigenvalue weighted by molar-refractivity contribution is 5.94. The summed E-state index contributed by atoms with van der Waals surface area (Å²) in [6.07, 6.45) is 2.16. The third-order valence-electron chi connectivity index (χ3n) is 4.49. The van der Waals surface area contributed by atoms with E-state index < -0.39 is 0 Å². The molecule has 1 aliphatic carbocycles. The van der Waals surface area contributed by atoms with Crippen molar-refractivity contribution < 1.29 is 4.79 Å². The molecule has 1 aromatic heterocycles. The van der Waals surface area contributed by atoms with E-state index in [1.54, 1.807) is 24.0 Å². The number of rotatable bonds is 1. The summed E-state index contributed by atoms with van der Waals surface area (Å²) in [6.45, 7) is 3.23. The predicted octanol–water partition coefficient (Wildman–Crippen LogP) is 0.493. The largest absolute Gasteiger partial charge is 0.338 e. The lowest BCUT2D eigenvalue weighted by atomic mass is 9.98. The van der Waals surface area contributed by atoms with E-state index in [0.717, 1.165) is 25.1 Å². The third kappa shape index (κ3) is 2.08. The number of fused-ring (bicyclic) bond motifs is 1. The Balaban J connectivity index is 1.80. The first kappa shape index (κ1) is 12.4. The van der Waals surface area contributed by atoms with Gasteiger partial charge < -0.3 is 15.6 Å². The van der Waals surface area contributed by atoms with E-state index in [0.29, 0.717) is 18.4 Å². The molecule has 0 aromatic carbocycles. The topological polar surface area (TPSA) is 79.2 Å². The molecule has 3 unspecified atom stereocenters. The highest BCUT2D eigenvalue weighted by atomic mass is 16.2. The molecule has 3 N–H and O–H groups in total. The maximum atomic E-state index is 12.4. The maximum absolute atomic E-state index is 12.4. The standard InChI is InChI=1S/C14H19N3O2/c1-8-2-4-10(13(18)16-8)14(19)17-6-9-3-5-12(15)11(9)7-17/h2,4,9,11-12H,3,5-7,15H2,1H3,(H,16,18). The van der Waals surface area contributed by atoms with Gasteiger partial charge in [0.2, 0.25) is 0 Å². The molecule has 102 valence electrons. The van der Waals surface area contributed by atoms with Crippen LogP contribution >= 0.6 is 0 Å². The van der Waals surface area contributed by atoms with Gasteiger partial charge in [0, 0.05) is 24.8 Å². The number of pyridine rings is 1. The van der Waals surface area contributed by atoms with Crippen molar-refractivity contribution in [3.05, 3.63) is 33.7 Å². The first-order chi connectivity index (χ1) is 9.06. The fourth-order valence-electron chi connectivity index (χ4n) is 3.38. The van der Waals surface area contributed by atoms with E-state index in [2.05, 4.69) is 4.98 Å². The Kier molecular flexibility index (Phi) is 2.93. The van der Waals surface area contributed by atoms with E-state index in [4.69, 9.17) is 5.73 Å². The number of H-pyrrole nitrogens is 1. The number of hydrogen-bond acceptors (Lipinski definition) is 3. The molecular weight excluding hydrogens is 242 g/mol. The van der Waals surface area contributed by atoms with Crippen LogP contribution in [0.15, 0.2) is 16.9 Å². The molecule has 1 saturated carbocycles. The molecule has 0 radical (unpaired) electrons. The summed E-state index contributed by atoms with van der Waals surface area (Å²) in [5, 5.41) is 0. The zero-order valence-electron chi connectivity index (χ0n) is 11.1. The Labute approximate surface area is 111 Å². The number of carbonyl (C=O) groups is 1. The first-order valence-corrected chi connectivity index (χ1v) is 6.81. The molecule has 1 saturated heterocycles. The minimum absolute atomic E-state index is 0.164. The van der Waals surface area contributed by atoms with Crippen LogP contribution in [-0.4, -0.2) is 34.9 Å². The molecule has 2 fully saturated rings. The molecule has 5 nitrogen and oxygen atoms in total. The summed E-state index contributed by atoms with van der Waals surface area (Å²) in [5.74, 6) is 0.764. The van der Waals surface area contributed by atoms with Gasteiger partial charge in [-0.3, -0.25) is 9.59 Å². The molecule has 3 rings (SSSR count). The van der Waals surface area contributed by atoms with E-state index >= 15 is 0 Å². The second kappa shape index (κ2) is 4.49. The van der Waals surface area contributed by atoms with Crippen LogP contribution in [0, 0.1) is 18.8 Å². The fourth-order valence-corrected chi connectivity index (χ4v) is 3.38. The molecule has 19 heavy (non-hydrogen) atoms. The van der Waals surface area contributed by atoms with Gasteiger partial charge in [-0.2, -0.15) is 0 Å². The van der Waals surface area contributed by atoms with Crippen LogP contribution in [0.4, 0.5) is 0 Å². The van der Waals surface area contributed by atoms with Gasteiger partial charge in [-0.15, -0.1) is 0 Å². The number of amides is 1. The lowest BCUT2D eigenvalue weighted by molar-refractivity contribution is 0.0778. The van der Waals surface area contributed by atoms with Crippen LogP contribution in [-0.2, 0) is 0 Å². The summed E-state index contributed by atoms with van der Waals surface area (Å²) in [5.41, 5.74) is 6.77. The van der Waals surface area contributed by atoms with Crippen molar-refractivity contribution in [1.29, 1.82) is 0 Å². The van der Waals surface area contributed by atoms with Crippen molar-refractivity contribution >= 4 is 5.91 Å². The molecule has 2 aliphatic rings. The Morgan fingerprint density at radius 3 is 2.84 bits per heavy atom. The SMILES string of the molecule is Cc1ccc(C(=O)N2CC3CCC(N)C3C2)c(=O)[nH]1. The molecule has 5 heteroatoms. The lowest BCUT2D eigenvalue weighted by Gasteiger charge is -2.18. The van der Waals surface area contributed by atoms with Gasteiger partial charge in [0.15, 0.2) is 0 Å². The summed E-state index contributed by atoms with van der Waals surface area (Å²) in [4.78, 5) is 28.7. The van der Waals surface area contributed by atoms with E-state index in [-0.39, 0.29) is 23.1 Å². The third-order valence-corrected chi connectivity index (χ3v) is 4.49. The number of aryl methyl sites for hydroxylation is 1. The van der Waals surface area contributed by atoms with Crippen LogP contribution in [0.2, 0.25) is 0 Å². The summed E-state index contributed by atoms with van der Waals surface area (Å²) in [7, 11) is 0. The number of aromatic nitrogens is 1. The molecule has 1 amide bonds. The van der Waals surface area contributed by atoms with E-state index in [1.165, 1.54) is 0 Å². The van der Waals surface area contributed by atoms with Gasteiger partial charge in [0.25, 0.3) is 11.5 Å². The van der Waals surface area contributed by atoms with Gasteiger partial charge in [-0.25, -0.2) is 0 Å². The van der Waals surface area contributed by atoms with E-state index in [1.807, 2.05) is 0 Å². The maximum Gasteiger partial charge on any atom is 0.260 e. The van der Waals surface area contributed by atoms with Crippen molar-refractivity contribution in [1.82, 2.24) is 9.88 Å². The molecule has 1 aromatic rings. The molecule has 2 heterocycles. The average molecular weight is 261 g/mol. The average Bonchev–Trinajstić information content (AvgIpc) is 2.91. The predicted molar refractivity (Wildman–Crippen MR) is 71.9 cm³/mol. The number of nitrogens with one attached hydrogen (secondary N) is 1. The highest BCUT2D eigenvalue weighted by Crippen LogP contribution is 2.37. The molecular formula is C14H19N3O2. The number of hydrogen-bond donors (Lipinski definition) is 2. The van der Waals surface area contributed by atoms with Crippen molar-refractivity contribution in [3.8, 4) is 0 Å². The number of nitrogens with zero attached hydrogens (tertiary/aromatic N) is 1. The van der Waals surface area contributed by atoms with Crippen molar-refractivity contribution in [3.63, 3.8) is 0 Å². The molecule has 3 atom stereocenters. The Morgan fingerprint density at radius 1 is 1.37 bits per heavy atom. The summed E-state index contributed by atoms with van der Waals surface area (Å²) >= 11 is 0. The van der Waals surface area contributed by atoms with Gasteiger partial charge >= 0.3 is 0 Å². The summed E-state index contributed by atoms with van der Waals surface area (Å²) in [6, 6.07) is 3.58.